The molecule has 14 heavy (non-hydrogen) atoms. The maximum absolute atomic E-state index is 10.9. The highest BCUT2D eigenvalue weighted by atomic mass is 79.9. The van der Waals surface area contributed by atoms with Gasteiger partial charge in [-0.15, -0.1) is 0 Å². The van der Waals surface area contributed by atoms with E-state index in [1.807, 2.05) is 19.9 Å². The van der Waals surface area contributed by atoms with E-state index in [-0.39, 0.29) is 18.0 Å². The molecule has 0 saturated carbocycles. The van der Waals surface area contributed by atoms with E-state index < -0.39 is 0 Å². The maximum Gasteiger partial charge on any atom is 0.134 e. The molecule has 0 heterocycles. The third kappa shape index (κ3) is 2.15. The Morgan fingerprint density at radius 2 is 2.07 bits per heavy atom. The van der Waals surface area contributed by atoms with Gasteiger partial charge < -0.3 is 5.11 Å². The first kappa shape index (κ1) is 11.2. The predicted molar refractivity (Wildman–Crippen MR) is 59.7 cm³/mol. The number of hydrogen-bond acceptors (Lipinski definition) is 2. The standard InChI is InChI=1S/C11H13BrO2/c1-6-4-9(5-7(2)13)11(14)10(12)8(6)3/h4,14H,5H2,1-3H3. The van der Waals surface area contributed by atoms with Crippen molar-refractivity contribution in [2.45, 2.75) is 27.2 Å². The second-order valence-electron chi connectivity index (χ2n) is 3.52. The number of ketones is 1. The zero-order valence-corrected chi connectivity index (χ0v) is 10.1. The average Bonchev–Trinajstić information content (AvgIpc) is 2.10. The van der Waals surface area contributed by atoms with Crippen molar-refractivity contribution in [2.75, 3.05) is 0 Å². The summed E-state index contributed by atoms with van der Waals surface area (Å²) < 4.78 is 0.689. The third-order valence-electron chi connectivity index (χ3n) is 2.26. The number of rotatable bonds is 2. The Kier molecular flexibility index (Phi) is 3.32. The molecule has 1 N–H and O–H groups in total. The average molecular weight is 257 g/mol. The minimum absolute atomic E-state index is 0.0513. The number of benzene rings is 1. The van der Waals surface area contributed by atoms with Crippen molar-refractivity contribution in [1.29, 1.82) is 0 Å². The number of phenolic OH excluding ortho intramolecular Hbond substituents is 1. The second-order valence-corrected chi connectivity index (χ2v) is 4.31. The van der Waals surface area contributed by atoms with Crippen molar-refractivity contribution >= 4 is 21.7 Å². The molecule has 0 aliphatic rings. The van der Waals surface area contributed by atoms with Crippen LogP contribution in [0, 0.1) is 13.8 Å². The minimum atomic E-state index is 0.0513. The Morgan fingerprint density at radius 1 is 1.50 bits per heavy atom. The highest BCUT2D eigenvalue weighted by Crippen LogP contribution is 2.33. The zero-order chi connectivity index (χ0) is 10.9. The summed E-state index contributed by atoms with van der Waals surface area (Å²) in [6, 6.07) is 1.86. The number of halogens is 1. The summed E-state index contributed by atoms with van der Waals surface area (Å²) in [4.78, 5) is 10.9. The van der Waals surface area contributed by atoms with Crippen molar-refractivity contribution in [2.24, 2.45) is 0 Å². The van der Waals surface area contributed by atoms with E-state index in [0.717, 1.165) is 11.1 Å². The predicted octanol–water partition coefficient (Wildman–Crippen LogP) is 2.90. The summed E-state index contributed by atoms with van der Waals surface area (Å²) in [5.74, 6) is 0.235. The summed E-state index contributed by atoms with van der Waals surface area (Å²) in [5.41, 5.74) is 2.77. The highest BCUT2D eigenvalue weighted by molar-refractivity contribution is 9.10. The van der Waals surface area contributed by atoms with Crippen LogP contribution < -0.4 is 0 Å². The first-order chi connectivity index (χ1) is 6.43. The van der Waals surface area contributed by atoms with Crippen LogP contribution in [0.3, 0.4) is 0 Å². The Morgan fingerprint density at radius 3 is 2.57 bits per heavy atom. The Bertz CT molecular complexity index is 383. The molecule has 0 atom stereocenters. The minimum Gasteiger partial charge on any atom is -0.506 e. The molecule has 0 aromatic heterocycles. The fraction of sp³-hybridized carbons (Fsp3) is 0.364. The molecule has 1 aromatic rings. The van der Waals surface area contributed by atoms with Crippen LogP contribution in [0.4, 0.5) is 0 Å². The van der Waals surface area contributed by atoms with E-state index in [1.54, 1.807) is 0 Å². The van der Waals surface area contributed by atoms with Gasteiger partial charge in [-0.25, -0.2) is 0 Å². The van der Waals surface area contributed by atoms with Gasteiger partial charge in [-0.05, 0) is 47.8 Å². The van der Waals surface area contributed by atoms with Gasteiger partial charge in [-0.3, -0.25) is 4.79 Å². The van der Waals surface area contributed by atoms with Gasteiger partial charge in [0.1, 0.15) is 11.5 Å². The number of aryl methyl sites for hydroxylation is 1. The van der Waals surface area contributed by atoms with Crippen LogP contribution in [0.25, 0.3) is 0 Å². The van der Waals surface area contributed by atoms with Crippen LogP contribution in [-0.2, 0) is 11.2 Å². The third-order valence-corrected chi connectivity index (χ3v) is 3.23. The fourth-order valence-electron chi connectivity index (χ4n) is 1.33. The van der Waals surface area contributed by atoms with Crippen LogP contribution in [0.15, 0.2) is 10.5 Å². The molecular formula is C11H13BrO2. The monoisotopic (exact) mass is 256 g/mol. The Labute approximate surface area is 92.1 Å². The molecule has 3 heteroatoms. The lowest BCUT2D eigenvalue weighted by molar-refractivity contribution is -0.116. The quantitative estimate of drug-likeness (QED) is 0.884. The van der Waals surface area contributed by atoms with Crippen LogP contribution >= 0.6 is 15.9 Å². The fourth-order valence-corrected chi connectivity index (χ4v) is 1.90. The van der Waals surface area contributed by atoms with Gasteiger partial charge in [0, 0.05) is 12.0 Å². The van der Waals surface area contributed by atoms with Crippen molar-refractivity contribution in [3.05, 3.63) is 27.2 Å². The molecule has 0 saturated heterocycles. The number of carbonyl (C=O) groups is 1. The molecule has 2 nitrogen and oxygen atoms in total. The normalized spacial score (nSPS) is 10.3. The summed E-state index contributed by atoms with van der Waals surface area (Å²) in [5, 5.41) is 9.75. The molecular weight excluding hydrogens is 244 g/mol. The lowest BCUT2D eigenvalue weighted by Crippen LogP contribution is -1.99. The van der Waals surface area contributed by atoms with Crippen molar-refractivity contribution in [3.8, 4) is 5.75 Å². The van der Waals surface area contributed by atoms with Gasteiger partial charge in [0.05, 0.1) is 4.47 Å². The summed E-state index contributed by atoms with van der Waals surface area (Å²) in [6.07, 6.45) is 0.283. The number of hydrogen-bond donors (Lipinski definition) is 1. The van der Waals surface area contributed by atoms with E-state index >= 15 is 0 Å². The SMILES string of the molecule is CC(=O)Cc1cc(C)c(C)c(Br)c1O. The molecule has 0 spiro atoms. The first-order valence-corrected chi connectivity index (χ1v) is 5.19. The van der Waals surface area contributed by atoms with Crippen molar-refractivity contribution < 1.29 is 9.90 Å². The molecule has 1 aromatic carbocycles. The van der Waals surface area contributed by atoms with Gasteiger partial charge in [0.2, 0.25) is 0 Å². The molecule has 0 amide bonds. The van der Waals surface area contributed by atoms with Gasteiger partial charge in [-0.2, -0.15) is 0 Å². The molecule has 0 bridgehead atoms. The van der Waals surface area contributed by atoms with Gasteiger partial charge in [0.25, 0.3) is 0 Å². The number of carbonyl (C=O) groups excluding carboxylic acids is 1. The second kappa shape index (κ2) is 4.13. The van der Waals surface area contributed by atoms with Crippen molar-refractivity contribution in [3.63, 3.8) is 0 Å². The van der Waals surface area contributed by atoms with Gasteiger partial charge in [0.15, 0.2) is 0 Å². The summed E-state index contributed by atoms with van der Waals surface area (Å²) >= 11 is 3.31. The molecule has 0 aliphatic heterocycles. The topological polar surface area (TPSA) is 37.3 Å². The van der Waals surface area contributed by atoms with Crippen LogP contribution in [-0.4, -0.2) is 10.9 Å². The van der Waals surface area contributed by atoms with Gasteiger partial charge in [-0.1, -0.05) is 6.07 Å². The largest absolute Gasteiger partial charge is 0.506 e. The van der Waals surface area contributed by atoms with E-state index in [1.165, 1.54) is 6.92 Å². The van der Waals surface area contributed by atoms with Crippen LogP contribution in [0.5, 0.6) is 5.75 Å². The molecule has 0 fully saturated rings. The zero-order valence-electron chi connectivity index (χ0n) is 8.52. The molecule has 0 aliphatic carbocycles. The highest BCUT2D eigenvalue weighted by Gasteiger charge is 2.11. The van der Waals surface area contributed by atoms with E-state index in [2.05, 4.69) is 15.9 Å². The Hall–Kier alpha value is -0.830. The lowest BCUT2D eigenvalue weighted by atomic mass is 10.0. The van der Waals surface area contributed by atoms with Crippen LogP contribution in [0.2, 0.25) is 0 Å². The number of Topliss-reactive ketones (excluding diaryl/α,β-unsaturated/α-hetero) is 1. The van der Waals surface area contributed by atoms with Gasteiger partial charge >= 0.3 is 0 Å². The maximum atomic E-state index is 10.9. The summed E-state index contributed by atoms with van der Waals surface area (Å²) in [7, 11) is 0. The smallest absolute Gasteiger partial charge is 0.134 e. The molecule has 0 unspecified atom stereocenters. The first-order valence-electron chi connectivity index (χ1n) is 4.40. The molecule has 1 rings (SSSR count). The van der Waals surface area contributed by atoms with Crippen molar-refractivity contribution in [1.82, 2.24) is 0 Å². The number of aromatic hydroxyl groups is 1. The molecule has 0 radical (unpaired) electrons. The molecule has 76 valence electrons. The van der Waals surface area contributed by atoms with E-state index in [0.29, 0.717) is 10.0 Å². The van der Waals surface area contributed by atoms with E-state index in [4.69, 9.17) is 0 Å². The van der Waals surface area contributed by atoms with E-state index in [9.17, 15) is 9.90 Å². The Balaban J connectivity index is 3.25. The van der Waals surface area contributed by atoms with Crippen LogP contribution in [0.1, 0.15) is 23.6 Å². The summed E-state index contributed by atoms with van der Waals surface area (Å²) in [6.45, 7) is 5.41. The number of phenols is 1. The lowest BCUT2D eigenvalue weighted by Gasteiger charge is -2.10.